The summed E-state index contributed by atoms with van der Waals surface area (Å²) >= 11 is 6.35. The molecule has 2 aromatic heterocycles. The number of rotatable bonds is 8. The third kappa shape index (κ3) is 3.84. The van der Waals surface area contributed by atoms with E-state index in [4.69, 9.17) is 16.3 Å². The zero-order chi connectivity index (χ0) is 15.2. The van der Waals surface area contributed by atoms with Crippen molar-refractivity contribution >= 4 is 11.6 Å². The van der Waals surface area contributed by atoms with E-state index in [1.165, 1.54) is 0 Å². The normalized spacial score (nSPS) is 11.2. The quantitative estimate of drug-likeness (QED) is 0.756. The van der Waals surface area contributed by atoms with Gasteiger partial charge in [0.25, 0.3) is 0 Å². The average Bonchev–Trinajstić information content (AvgIpc) is 3.03. The van der Waals surface area contributed by atoms with Gasteiger partial charge in [0, 0.05) is 32.9 Å². The molecule has 0 fully saturated rings. The first-order valence-corrected chi connectivity index (χ1v) is 7.47. The SMILES string of the molecule is CCn1nc(C)c(Cl)c1Cn1nccc1CNCCOC. The lowest BCUT2D eigenvalue weighted by atomic mass is 10.3. The number of aryl methyl sites for hydroxylation is 2. The summed E-state index contributed by atoms with van der Waals surface area (Å²) in [5.74, 6) is 0. The predicted octanol–water partition coefficient (Wildman–Crippen LogP) is 1.85. The van der Waals surface area contributed by atoms with Crippen molar-refractivity contribution in [2.75, 3.05) is 20.3 Å². The van der Waals surface area contributed by atoms with E-state index in [2.05, 4.69) is 22.4 Å². The van der Waals surface area contributed by atoms with E-state index in [0.29, 0.717) is 13.2 Å². The Balaban J connectivity index is 2.08. The minimum absolute atomic E-state index is 0.627. The van der Waals surface area contributed by atoms with Crippen LogP contribution in [0.3, 0.4) is 0 Å². The molecule has 0 unspecified atom stereocenters. The standard InChI is InChI=1S/C14H22ClN5O/c1-4-19-13(14(15)11(2)18-19)10-20-12(5-6-17-20)9-16-7-8-21-3/h5-6,16H,4,7-10H2,1-3H3. The summed E-state index contributed by atoms with van der Waals surface area (Å²) in [4.78, 5) is 0. The van der Waals surface area contributed by atoms with Gasteiger partial charge < -0.3 is 10.1 Å². The topological polar surface area (TPSA) is 56.9 Å². The predicted molar refractivity (Wildman–Crippen MR) is 82.6 cm³/mol. The highest BCUT2D eigenvalue weighted by molar-refractivity contribution is 6.31. The number of hydrogen-bond acceptors (Lipinski definition) is 4. The number of methoxy groups -OCH3 is 1. The molecule has 6 nitrogen and oxygen atoms in total. The fraction of sp³-hybridized carbons (Fsp3) is 0.571. The molecule has 21 heavy (non-hydrogen) atoms. The Morgan fingerprint density at radius 1 is 1.38 bits per heavy atom. The lowest BCUT2D eigenvalue weighted by Crippen LogP contribution is -2.21. The van der Waals surface area contributed by atoms with Crippen LogP contribution in [-0.4, -0.2) is 39.8 Å². The molecule has 0 aliphatic heterocycles. The van der Waals surface area contributed by atoms with E-state index in [1.54, 1.807) is 13.3 Å². The Morgan fingerprint density at radius 2 is 2.19 bits per heavy atom. The fourth-order valence-corrected chi connectivity index (χ4v) is 2.40. The number of halogens is 1. The molecular formula is C14H22ClN5O. The van der Waals surface area contributed by atoms with Crippen LogP contribution in [0.2, 0.25) is 5.02 Å². The van der Waals surface area contributed by atoms with Gasteiger partial charge in [0.05, 0.1) is 35.3 Å². The van der Waals surface area contributed by atoms with Crippen LogP contribution in [0.5, 0.6) is 0 Å². The Hall–Kier alpha value is -1.37. The van der Waals surface area contributed by atoms with Gasteiger partial charge in [-0.3, -0.25) is 9.36 Å². The second kappa shape index (κ2) is 7.59. The van der Waals surface area contributed by atoms with Crippen LogP contribution >= 0.6 is 11.6 Å². The summed E-state index contributed by atoms with van der Waals surface area (Å²) in [7, 11) is 1.70. The first-order chi connectivity index (χ1) is 10.2. The smallest absolute Gasteiger partial charge is 0.0866 e. The maximum absolute atomic E-state index is 6.35. The molecule has 0 aliphatic carbocycles. The Kier molecular flexibility index (Phi) is 5.78. The van der Waals surface area contributed by atoms with Gasteiger partial charge in [0.2, 0.25) is 0 Å². The van der Waals surface area contributed by atoms with Crippen LogP contribution in [0.25, 0.3) is 0 Å². The molecular weight excluding hydrogens is 290 g/mol. The molecule has 0 saturated heterocycles. The van der Waals surface area contributed by atoms with Crippen LogP contribution in [0, 0.1) is 6.92 Å². The van der Waals surface area contributed by atoms with Crippen LogP contribution < -0.4 is 5.32 Å². The van der Waals surface area contributed by atoms with Gasteiger partial charge in [-0.05, 0) is 19.9 Å². The molecule has 2 rings (SSSR count). The molecule has 0 spiro atoms. The first kappa shape index (κ1) is 16.0. The highest BCUT2D eigenvalue weighted by Gasteiger charge is 2.14. The van der Waals surface area contributed by atoms with E-state index in [1.807, 2.05) is 22.4 Å². The van der Waals surface area contributed by atoms with E-state index < -0.39 is 0 Å². The molecule has 0 atom stereocenters. The lowest BCUT2D eigenvalue weighted by molar-refractivity contribution is 0.199. The van der Waals surface area contributed by atoms with Gasteiger partial charge in [-0.2, -0.15) is 10.2 Å². The summed E-state index contributed by atoms with van der Waals surface area (Å²) in [6, 6.07) is 2.01. The highest BCUT2D eigenvalue weighted by atomic mass is 35.5. The molecule has 7 heteroatoms. The van der Waals surface area contributed by atoms with Gasteiger partial charge in [-0.1, -0.05) is 11.6 Å². The van der Waals surface area contributed by atoms with E-state index >= 15 is 0 Å². The number of aromatic nitrogens is 4. The number of nitrogens with one attached hydrogen (secondary N) is 1. The fourth-order valence-electron chi connectivity index (χ4n) is 2.21. The Morgan fingerprint density at radius 3 is 2.90 bits per heavy atom. The zero-order valence-corrected chi connectivity index (χ0v) is 13.5. The number of ether oxygens (including phenoxy) is 1. The molecule has 0 amide bonds. The number of nitrogens with zero attached hydrogens (tertiary/aromatic N) is 4. The Bertz CT molecular complexity index is 578. The number of hydrogen-bond donors (Lipinski definition) is 1. The summed E-state index contributed by atoms with van der Waals surface area (Å²) in [6.07, 6.45) is 1.81. The molecule has 0 radical (unpaired) electrons. The van der Waals surface area contributed by atoms with Gasteiger partial charge in [0.15, 0.2) is 0 Å². The van der Waals surface area contributed by atoms with E-state index in [0.717, 1.165) is 41.7 Å². The Labute approximate surface area is 130 Å². The minimum atomic E-state index is 0.627. The molecule has 2 aromatic rings. The van der Waals surface area contributed by atoms with Crippen molar-refractivity contribution in [3.8, 4) is 0 Å². The molecule has 0 saturated carbocycles. The molecule has 2 heterocycles. The first-order valence-electron chi connectivity index (χ1n) is 7.09. The van der Waals surface area contributed by atoms with Crippen molar-refractivity contribution in [1.29, 1.82) is 0 Å². The lowest BCUT2D eigenvalue weighted by Gasteiger charge is -2.10. The molecule has 0 aromatic carbocycles. The van der Waals surface area contributed by atoms with Crippen molar-refractivity contribution in [1.82, 2.24) is 24.9 Å². The van der Waals surface area contributed by atoms with E-state index in [-0.39, 0.29) is 0 Å². The molecule has 116 valence electrons. The van der Waals surface area contributed by atoms with Crippen molar-refractivity contribution in [3.05, 3.63) is 34.4 Å². The van der Waals surface area contributed by atoms with E-state index in [9.17, 15) is 0 Å². The van der Waals surface area contributed by atoms with Crippen molar-refractivity contribution in [2.24, 2.45) is 0 Å². The van der Waals surface area contributed by atoms with Crippen LogP contribution in [0.1, 0.15) is 24.0 Å². The van der Waals surface area contributed by atoms with Crippen LogP contribution in [0.15, 0.2) is 12.3 Å². The van der Waals surface area contributed by atoms with Gasteiger partial charge in [0.1, 0.15) is 0 Å². The third-order valence-electron chi connectivity index (χ3n) is 3.35. The maximum atomic E-state index is 6.35. The third-order valence-corrected chi connectivity index (χ3v) is 3.84. The van der Waals surface area contributed by atoms with Crippen molar-refractivity contribution < 1.29 is 4.74 Å². The average molecular weight is 312 g/mol. The van der Waals surface area contributed by atoms with Crippen molar-refractivity contribution in [2.45, 2.75) is 33.5 Å². The summed E-state index contributed by atoms with van der Waals surface area (Å²) in [5.41, 5.74) is 2.97. The monoisotopic (exact) mass is 311 g/mol. The molecule has 0 aliphatic rings. The second-order valence-corrected chi connectivity index (χ2v) is 5.19. The maximum Gasteiger partial charge on any atom is 0.0866 e. The summed E-state index contributed by atoms with van der Waals surface area (Å²) < 4.78 is 8.91. The van der Waals surface area contributed by atoms with Crippen LogP contribution in [-0.2, 0) is 24.4 Å². The van der Waals surface area contributed by atoms with Gasteiger partial charge >= 0.3 is 0 Å². The molecule has 0 bridgehead atoms. The van der Waals surface area contributed by atoms with Gasteiger partial charge in [-0.25, -0.2) is 0 Å². The van der Waals surface area contributed by atoms with Gasteiger partial charge in [-0.15, -0.1) is 0 Å². The second-order valence-electron chi connectivity index (χ2n) is 4.81. The molecule has 1 N–H and O–H groups in total. The van der Waals surface area contributed by atoms with Crippen LogP contribution in [0.4, 0.5) is 0 Å². The van der Waals surface area contributed by atoms with Crippen molar-refractivity contribution in [3.63, 3.8) is 0 Å². The summed E-state index contributed by atoms with van der Waals surface area (Å²) in [6.45, 7) is 7.67. The zero-order valence-electron chi connectivity index (χ0n) is 12.8. The minimum Gasteiger partial charge on any atom is -0.383 e. The summed E-state index contributed by atoms with van der Waals surface area (Å²) in [5, 5.41) is 12.9. The largest absolute Gasteiger partial charge is 0.383 e. The highest BCUT2D eigenvalue weighted by Crippen LogP contribution is 2.21.